The molecule has 1 amide bonds. The molecular weight excluding hydrogens is 367 g/mol. The number of rotatable bonds is 3. The minimum atomic E-state index is -0.250. The molecule has 2 saturated heterocycles. The molecule has 0 radical (unpaired) electrons. The maximum Gasteiger partial charge on any atom is 0.219 e. The lowest BCUT2D eigenvalue weighted by Gasteiger charge is -2.29. The fraction of sp³-hybridized carbons (Fsp3) is 0.522. The zero-order valence-corrected chi connectivity index (χ0v) is 17.6. The van der Waals surface area contributed by atoms with Crippen molar-refractivity contribution in [2.24, 2.45) is 11.8 Å². The summed E-state index contributed by atoms with van der Waals surface area (Å²) in [6, 6.07) is 6.64. The molecule has 154 valence electrons. The van der Waals surface area contributed by atoms with E-state index in [1.165, 1.54) is 6.07 Å². The molecule has 0 spiro atoms. The quantitative estimate of drug-likeness (QED) is 0.796. The van der Waals surface area contributed by atoms with Gasteiger partial charge in [0.2, 0.25) is 5.91 Å². The Balaban J connectivity index is 1.50. The number of halogens is 1. The van der Waals surface area contributed by atoms with Crippen LogP contribution >= 0.6 is 0 Å². The van der Waals surface area contributed by atoms with Crippen molar-refractivity contribution in [2.45, 2.75) is 45.7 Å². The topological polar surface area (TPSA) is 49.3 Å². The zero-order valence-electron chi connectivity index (χ0n) is 17.6. The summed E-state index contributed by atoms with van der Waals surface area (Å²) in [5.41, 5.74) is 1.94. The summed E-state index contributed by atoms with van der Waals surface area (Å²) in [6.45, 7) is 11.3. The van der Waals surface area contributed by atoms with Gasteiger partial charge in [-0.2, -0.15) is 0 Å². The van der Waals surface area contributed by atoms with Gasteiger partial charge in [-0.15, -0.1) is 0 Å². The third-order valence-electron chi connectivity index (χ3n) is 6.12. The fourth-order valence-corrected chi connectivity index (χ4v) is 4.79. The predicted molar refractivity (Wildman–Crippen MR) is 110 cm³/mol. The Labute approximate surface area is 172 Å². The second kappa shape index (κ2) is 7.48. The molecule has 3 atom stereocenters. The number of benzene rings is 1. The zero-order chi connectivity index (χ0) is 20.8. The highest BCUT2D eigenvalue weighted by Crippen LogP contribution is 2.45. The maximum atomic E-state index is 13.8. The average Bonchev–Trinajstić information content (AvgIpc) is 3.18. The van der Waals surface area contributed by atoms with Gasteiger partial charge in [-0.05, 0) is 23.6 Å². The first-order chi connectivity index (χ1) is 13.7. The second-order valence-corrected chi connectivity index (χ2v) is 9.45. The molecule has 4 rings (SSSR count). The Hall–Kier alpha value is -2.34. The lowest BCUT2D eigenvalue weighted by atomic mass is 9.89. The van der Waals surface area contributed by atoms with Crippen molar-refractivity contribution in [3.05, 3.63) is 59.4 Å². The highest BCUT2D eigenvalue weighted by atomic mass is 19.1. The summed E-state index contributed by atoms with van der Waals surface area (Å²) in [7, 11) is 0. The van der Waals surface area contributed by atoms with Crippen molar-refractivity contribution in [2.75, 3.05) is 19.6 Å². The molecular formula is C23H29FN4O. The summed E-state index contributed by atoms with van der Waals surface area (Å²) >= 11 is 0. The Morgan fingerprint density at radius 2 is 1.90 bits per heavy atom. The molecule has 0 saturated carbocycles. The highest BCUT2D eigenvalue weighted by Gasteiger charge is 2.48. The van der Waals surface area contributed by atoms with Crippen molar-refractivity contribution < 1.29 is 9.18 Å². The predicted octanol–water partition coefficient (Wildman–Crippen LogP) is 3.56. The minimum absolute atomic E-state index is 0.0577. The molecule has 1 aromatic carbocycles. The minimum Gasteiger partial charge on any atom is -0.335 e. The summed E-state index contributed by atoms with van der Waals surface area (Å²) < 4.78 is 13.8. The van der Waals surface area contributed by atoms with Crippen molar-refractivity contribution in [1.82, 2.24) is 19.8 Å². The summed E-state index contributed by atoms with van der Waals surface area (Å²) in [6.07, 6.45) is 3.85. The standard InChI is InChI=1S/C23H29FN4O/c1-15(29)28-13-18-12-27(11-16-9-25-22(26-10-16)23(2,3)4)14-20(18)21(28)17-6-5-7-19(24)8-17/h5-10,18,20-21H,11-14H2,1-4H3/t18-,20-,21+/m1/s1. The Bertz CT molecular complexity index is 892. The first-order valence-corrected chi connectivity index (χ1v) is 10.3. The Morgan fingerprint density at radius 3 is 2.52 bits per heavy atom. The molecule has 2 aromatic rings. The van der Waals surface area contributed by atoms with E-state index in [1.807, 2.05) is 23.4 Å². The van der Waals surface area contributed by atoms with E-state index in [4.69, 9.17) is 0 Å². The largest absolute Gasteiger partial charge is 0.335 e. The van der Waals surface area contributed by atoms with Crippen LogP contribution in [0, 0.1) is 17.7 Å². The molecule has 29 heavy (non-hydrogen) atoms. The first-order valence-electron chi connectivity index (χ1n) is 10.3. The number of fused-ring (bicyclic) bond motifs is 1. The first kappa shape index (κ1) is 20.0. The molecule has 3 heterocycles. The average molecular weight is 397 g/mol. The van der Waals surface area contributed by atoms with Crippen molar-refractivity contribution in [1.29, 1.82) is 0 Å². The normalized spacial score (nSPS) is 24.7. The van der Waals surface area contributed by atoms with Crippen LogP contribution in [0.1, 0.15) is 50.7 Å². The van der Waals surface area contributed by atoms with E-state index in [9.17, 15) is 9.18 Å². The van der Waals surface area contributed by atoms with Gasteiger partial charge in [-0.25, -0.2) is 14.4 Å². The molecule has 0 N–H and O–H groups in total. The van der Waals surface area contributed by atoms with Crippen molar-refractivity contribution in [3.63, 3.8) is 0 Å². The van der Waals surface area contributed by atoms with Crippen LogP contribution < -0.4 is 0 Å². The molecule has 2 fully saturated rings. The third-order valence-corrected chi connectivity index (χ3v) is 6.12. The lowest BCUT2D eigenvalue weighted by Crippen LogP contribution is -2.34. The van der Waals surface area contributed by atoms with E-state index < -0.39 is 0 Å². The van der Waals surface area contributed by atoms with Gasteiger partial charge < -0.3 is 4.90 Å². The van der Waals surface area contributed by atoms with Crippen LogP contribution in [-0.2, 0) is 16.8 Å². The number of hydrogen-bond donors (Lipinski definition) is 0. The van der Waals surface area contributed by atoms with E-state index in [2.05, 4.69) is 35.6 Å². The molecule has 0 bridgehead atoms. The number of nitrogens with zero attached hydrogens (tertiary/aromatic N) is 4. The van der Waals surface area contributed by atoms with Gasteiger partial charge in [-0.3, -0.25) is 9.69 Å². The smallest absolute Gasteiger partial charge is 0.219 e. The number of amides is 1. The van der Waals surface area contributed by atoms with Crippen LogP contribution in [0.3, 0.4) is 0 Å². The monoisotopic (exact) mass is 396 g/mol. The molecule has 5 nitrogen and oxygen atoms in total. The SMILES string of the molecule is CC(=O)N1C[C@H]2CN(Cc3cnc(C(C)(C)C)nc3)C[C@H]2[C@@H]1c1cccc(F)c1. The van der Waals surface area contributed by atoms with Gasteiger partial charge in [0.1, 0.15) is 11.6 Å². The van der Waals surface area contributed by atoms with Crippen LogP contribution in [0.2, 0.25) is 0 Å². The number of hydrogen-bond acceptors (Lipinski definition) is 4. The molecule has 1 aromatic heterocycles. The molecule has 2 aliphatic rings. The van der Waals surface area contributed by atoms with Gasteiger partial charge in [-0.1, -0.05) is 32.9 Å². The molecule has 0 unspecified atom stereocenters. The maximum absolute atomic E-state index is 13.8. The van der Waals surface area contributed by atoms with Crippen LogP contribution in [0.4, 0.5) is 4.39 Å². The number of carbonyl (C=O) groups excluding carboxylic acids is 1. The van der Waals surface area contributed by atoms with Gasteiger partial charge in [0.15, 0.2) is 0 Å². The highest BCUT2D eigenvalue weighted by molar-refractivity contribution is 5.74. The lowest BCUT2D eigenvalue weighted by molar-refractivity contribution is -0.130. The van der Waals surface area contributed by atoms with E-state index in [-0.39, 0.29) is 23.2 Å². The van der Waals surface area contributed by atoms with Crippen LogP contribution in [-0.4, -0.2) is 45.3 Å². The van der Waals surface area contributed by atoms with Crippen LogP contribution in [0.25, 0.3) is 0 Å². The fourth-order valence-electron chi connectivity index (χ4n) is 4.79. The summed E-state index contributed by atoms with van der Waals surface area (Å²) in [4.78, 5) is 25.6. The summed E-state index contributed by atoms with van der Waals surface area (Å²) in [5, 5.41) is 0. The second-order valence-electron chi connectivity index (χ2n) is 9.45. The number of carbonyl (C=O) groups is 1. The summed E-state index contributed by atoms with van der Waals surface area (Å²) in [5.74, 6) is 1.38. The number of aromatic nitrogens is 2. The van der Waals surface area contributed by atoms with Crippen molar-refractivity contribution in [3.8, 4) is 0 Å². The van der Waals surface area contributed by atoms with Gasteiger partial charge >= 0.3 is 0 Å². The van der Waals surface area contributed by atoms with E-state index >= 15 is 0 Å². The van der Waals surface area contributed by atoms with Gasteiger partial charge in [0.25, 0.3) is 0 Å². The molecule has 2 aliphatic heterocycles. The van der Waals surface area contributed by atoms with Crippen LogP contribution in [0.15, 0.2) is 36.7 Å². The number of likely N-dealkylation sites (tertiary alicyclic amines) is 2. The van der Waals surface area contributed by atoms with E-state index in [1.54, 1.807) is 19.1 Å². The van der Waals surface area contributed by atoms with E-state index in [0.29, 0.717) is 11.8 Å². The van der Waals surface area contributed by atoms with Crippen LogP contribution in [0.5, 0.6) is 0 Å². The Kier molecular flexibility index (Phi) is 5.15. The molecule has 6 heteroatoms. The van der Waals surface area contributed by atoms with Crippen molar-refractivity contribution >= 4 is 5.91 Å². The Morgan fingerprint density at radius 1 is 1.17 bits per heavy atom. The third kappa shape index (κ3) is 4.04. The van der Waals surface area contributed by atoms with Gasteiger partial charge in [0, 0.05) is 62.4 Å². The van der Waals surface area contributed by atoms with E-state index in [0.717, 1.165) is 43.1 Å². The van der Waals surface area contributed by atoms with Gasteiger partial charge in [0.05, 0.1) is 6.04 Å². The molecule has 0 aliphatic carbocycles.